The summed E-state index contributed by atoms with van der Waals surface area (Å²) in [6.45, 7) is 0.170. The Balaban J connectivity index is 1.40. The summed E-state index contributed by atoms with van der Waals surface area (Å²) < 4.78 is 30.9. The number of anilines is 1. The number of aromatic nitrogens is 1. The van der Waals surface area contributed by atoms with Crippen LogP contribution < -0.4 is 15.8 Å². The lowest BCUT2D eigenvalue weighted by Crippen LogP contribution is -2.53. The number of carboxylic acid groups (broad SMARTS) is 1. The third-order valence-corrected chi connectivity index (χ3v) is 9.23. The van der Waals surface area contributed by atoms with Crippen molar-refractivity contribution in [2.45, 2.75) is 17.4 Å². The molecule has 0 spiro atoms. The van der Waals surface area contributed by atoms with E-state index < -0.39 is 28.1 Å². The van der Waals surface area contributed by atoms with Crippen LogP contribution in [0.1, 0.15) is 22.2 Å². The number of rotatable bonds is 9. The summed E-state index contributed by atoms with van der Waals surface area (Å²) in [5.74, 6) is -0.961. The molecular weight excluding hydrogens is 568 g/mol. The highest BCUT2D eigenvalue weighted by atomic mass is 32.2. The lowest BCUT2D eigenvalue weighted by atomic mass is 10.00. The molecule has 1 atom stereocenters. The van der Waals surface area contributed by atoms with Crippen LogP contribution in [0.3, 0.4) is 0 Å². The molecule has 14 heteroatoms. The van der Waals surface area contributed by atoms with Crippen LogP contribution in [0.15, 0.2) is 82.8 Å². The first kappa shape index (κ1) is 28.0. The Morgan fingerprint density at radius 2 is 1.85 bits per heavy atom. The van der Waals surface area contributed by atoms with Crippen molar-refractivity contribution in [2.75, 3.05) is 18.4 Å². The third kappa shape index (κ3) is 6.29. The fourth-order valence-electron chi connectivity index (χ4n) is 4.41. The largest absolute Gasteiger partial charge is 0.465 e. The van der Waals surface area contributed by atoms with E-state index in [0.29, 0.717) is 10.6 Å². The molecule has 3 aromatic carbocycles. The van der Waals surface area contributed by atoms with Gasteiger partial charge in [0, 0.05) is 24.3 Å². The molecule has 1 aromatic heterocycles. The van der Waals surface area contributed by atoms with Gasteiger partial charge in [-0.2, -0.15) is 0 Å². The number of nitrogens with one attached hydrogen (secondary N) is 2. The SMILES string of the molecule is N/C(=N/O)c1cccc(CC(NS(=O)(=O)c2cccc(NC(=O)C3CN(C(=O)O)C3)c2)c2nc3ccccc3s2)c1. The van der Waals surface area contributed by atoms with Gasteiger partial charge in [0.25, 0.3) is 0 Å². The van der Waals surface area contributed by atoms with Gasteiger partial charge in [0.05, 0.1) is 27.1 Å². The first-order chi connectivity index (χ1) is 19.6. The molecule has 2 heterocycles. The van der Waals surface area contributed by atoms with E-state index in [1.807, 2.05) is 30.3 Å². The lowest BCUT2D eigenvalue weighted by molar-refractivity contribution is -0.123. The van der Waals surface area contributed by atoms with Crippen molar-refractivity contribution in [3.63, 3.8) is 0 Å². The maximum absolute atomic E-state index is 13.6. The van der Waals surface area contributed by atoms with Gasteiger partial charge in [0.1, 0.15) is 5.01 Å². The number of nitrogens with two attached hydrogens (primary N) is 1. The summed E-state index contributed by atoms with van der Waals surface area (Å²) in [4.78, 5) is 29.2. The van der Waals surface area contributed by atoms with Crippen molar-refractivity contribution >= 4 is 55.1 Å². The molecular formula is C27H26N6O6S2. The minimum atomic E-state index is -4.10. The van der Waals surface area contributed by atoms with Gasteiger partial charge in [-0.25, -0.2) is 22.9 Å². The van der Waals surface area contributed by atoms with E-state index in [1.165, 1.54) is 29.5 Å². The predicted octanol–water partition coefficient (Wildman–Crippen LogP) is 3.20. The Bertz CT molecular complexity index is 1720. The van der Waals surface area contributed by atoms with Crippen LogP contribution >= 0.6 is 11.3 Å². The smallest absolute Gasteiger partial charge is 0.407 e. The summed E-state index contributed by atoms with van der Waals surface area (Å²) in [6.07, 6.45) is -0.864. The van der Waals surface area contributed by atoms with Crippen LogP contribution in [0.25, 0.3) is 10.2 Å². The molecule has 0 aliphatic carbocycles. The first-order valence-corrected chi connectivity index (χ1v) is 14.8. The molecule has 5 rings (SSSR count). The molecule has 1 unspecified atom stereocenters. The second kappa shape index (κ2) is 11.5. The molecule has 1 fully saturated rings. The minimum Gasteiger partial charge on any atom is -0.465 e. The molecule has 1 aliphatic rings. The predicted molar refractivity (Wildman–Crippen MR) is 153 cm³/mol. The zero-order valence-electron chi connectivity index (χ0n) is 21.5. The van der Waals surface area contributed by atoms with Crippen LogP contribution in [-0.4, -0.2) is 59.5 Å². The van der Waals surface area contributed by atoms with Gasteiger partial charge in [-0.1, -0.05) is 41.6 Å². The van der Waals surface area contributed by atoms with Gasteiger partial charge in [0.2, 0.25) is 15.9 Å². The van der Waals surface area contributed by atoms with Crippen molar-refractivity contribution in [1.82, 2.24) is 14.6 Å². The Hall–Kier alpha value is -4.53. The molecule has 4 aromatic rings. The van der Waals surface area contributed by atoms with Crippen molar-refractivity contribution in [1.29, 1.82) is 0 Å². The Morgan fingerprint density at radius 1 is 1.10 bits per heavy atom. The van der Waals surface area contributed by atoms with Gasteiger partial charge in [0.15, 0.2) is 5.84 Å². The molecule has 0 radical (unpaired) electrons. The number of amides is 2. The number of carbonyl (C=O) groups excluding carboxylic acids is 1. The summed E-state index contributed by atoms with van der Waals surface area (Å²) in [5.41, 5.74) is 7.98. The maximum atomic E-state index is 13.6. The molecule has 41 heavy (non-hydrogen) atoms. The monoisotopic (exact) mass is 594 g/mol. The van der Waals surface area contributed by atoms with E-state index in [2.05, 4.69) is 20.2 Å². The van der Waals surface area contributed by atoms with Crippen molar-refractivity contribution < 1.29 is 28.3 Å². The number of nitrogens with zero attached hydrogens (tertiary/aromatic N) is 3. The highest BCUT2D eigenvalue weighted by Gasteiger charge is 2.35. The normalized spacial score (nSPS) is 14.9. The number of para-hydroxylation sites is 1. The van der Waals surface area contributed by atoms with Gasteiger partial charge in [-0.05, 0) is 48.4 Å². The molecule has 212 valence electrons. The van der Waals surface area contributed by atoms with Gasteiger partial charge < -0.3 is 26.3 Å². The highest BCUT2D eigenvalue weighted by molar-refractivity contribution is 7.89. The quantitative estimate of drug-likeness (QED) is 0.0845. The van der Waals surface area contributed by atoms with Crippen molar-refractivity contribution in [3.05, 3.63) is 88.9 Å². The van der Waals surface area contributed by atoms with Gasteiger partial charge >= 0.3 is 6.09 Å². The number of likely N-dealkylation sites (tertiary alicyclic amines) is 1. The zero-order valence-corrected chi connectivity index (χ0v) is 23.1. The molecule has 6 N–H and O–H groups in total. The summed E-state index contributed by atoms with van der Waals surface area (Å²) in [6, 6.07) is 19.5. The van der Waals surface area contributed by atoms with E-state index in [0.717, 1.165) is 20.7 Å². The molecule has 0 bridgehead atoms. The maximum Gasteiger partial charge on any atom is 0.407 e. The molecule has 1 aliphatic heterocycles. The molecule has 0 saturated carbocycles. The van der Waals surface area contributed by atoms with Crippen molar-refractivity contribution in [2.24, 2.45) is 16.8 Å². The summed E-state index contributed by atoms with van der Waals surface area (Å²) in [7, 11) is -4.10. The number of amidine groups is 1. The average Bonchev–Trinajstić information content (AvgIpc) is 3.36. The number of sulfonamides is 1. The zero-order chi connectivity index (χ0) is 29.1. The van der Waals surface area contributed by atoms with Crippen LogP contribution in [-0.2, 0) is 21.2 Å². The Kier molecular flexibility index (Phi) is 7.88. The number of oxime groups is 1. The van der Waals surface area contributed by atoms with Crippen LogP contribution in [0.2, 0.25) is 0 Å². The Morgan fingerprint density at radius 3 is 2.59 bits per heavy atom. The van der Waals surface area contributed by atoms with Gasteiger partial charge in [-0.3, -0.25) is 4.79 Å². The van der Waals surface area contributed by atoms with E-state index >= 15 is 0 Å². The van der Waals surface area contributed by atoms with Crippen LogP contribution in [0.4, 0.5) is 10.5 Å². The van der Waals surface area contributed by atoms with Gasteiger partial charge in [-0.15, -0.1) is 11.3 Å². The van der Waals surface area contributed by atoms with E-state index in [1.54, 1.807) is 24.3 Å². The number of thiazole rings is 1. The Labute approximate surface area is 239 Å². The van der Waals surface area contributed by atoms with E-state index in [9.17, 15) is 18.0 Å². The lowest BCUT2D eigenvalue weighted by Gasteiger charge is -2.35. The topological polar surface area (TPSA) is 187 Å². The number of carbonyl (C=O) groups is 2. The van der Waals surface area contributed by atoms with Crippen molar-refractivity contribution in [3.8, 4) is 0 Å². The third-order valence-electron chi connectivity index (χ3n) is 6.61. The average molecular weight is 595 g/mol. The number of benzene rings is 3. The first-order valence-electron chi connectivity index (χ1n) is 12.5. The highest BCUT2D eigenvalue weighted by Crippen LogP contribution is 2.30. The van der Waals surface area contributed by atoms with E-state index in [-0.39, 0.29) is 41.8 Å². The molecule has 2 amide bonds. The minimum absolute atomic E-state index is 0.0624. The summed E-state index contributed by atoms with van der Waals surface area (Å²) >= 11 is 1.37. The number of hydrogen-bond donors (Lipinski definition) is 5. The molecule has 12 nitrogen and oxygen atoms in total. The second-order valence-electron chi connectivity index (χ2n) is 9.49. The summed E-state index contributed by atoms with van der Waals surface area (Å²) in [5, 5.41) is 24.3. The van der Waals surface area contributed by atoms with Crippen LogP contribution in [0, 0.1) is 5.92 Å². The number of fused-ring (bicyclic) bond motifs is 1. The number of hydrogen-bond acceptors (Lipinski definition) is 8. The standard InChI is InChI=1S/C27H26N6O6S2/c28-24(31-37)17-6-3-5-16(11-17)12-22(26-30-21-9-1-2-10-23(21)40-26)32-41(38,39)20-8-4-7-19(13-20)29-25(34)18-14-33(15-18)27(35)36/h1-11,13,18,22,32,37H,12,14-15H2,(H2,28,31)(H,29,34)(H,35,36). The molecule has 1 saturated heterocycles. The van der Waals surface area contributed by atoms with Crippen LogP contribution in [0.5, 0.6) is 0 Å². The van der Waals surface area contributed by atoms with E-state index in [4.69, 9.17) is 16.0 Å². The fraction of sp³-hybridized carbons (Fsp3) is 0.185. The fourth-order valence-corrected chi connectivity index (χ4v) is 6.75. The second-order valence-corrected chi connectivity index (χ2v) is 12.3.